The Morgan fingerprint density at radius 2 is 2.20 bits per heavy atom. The lowest BCUT2D eigenvalue weighted by Gasteiger charge is -2.14. The summed E-state index contributed by atoms with van der Waals surface area (Å²) < 4.78 is 0.989. The van der Waals surface area contributed by atoms with Gasteiger partial charge in [0.1, 0.15) is 5.84 Å². The van der Waals surface area contributed by atoms with E-state index in [4.69, 9.17) is 11.6 Å². The molecule has 0 fully saturated rings. The quantitative estimate of drug-likeness (QED) is 0.826. The van der Waals surface area contributed by atoms with Crippen molar-refractivity contribution in [2.45, 2.75) is 19.3 Å². The number of nitrogens with zero attached hydrogens (tertiary/aromatic N) is 1. The average molecular weight is 288 g/mol. The van der Waals surface area contributed by atoms with E-state index in [0.717, 1.165) is 34.0 Å². The summed E-state index contributed by atoms with van der Waals surface area (Å²) in [7, 11) is 0. The lowest BCUT2D eigenvalue weighted by Crippen LogP contribution is -2.16. The van der Waals surface area contributed by atoms with E-state index in [0.29, 0.717) is 0 Å². The summed E-state index contributed by atoms with van der Waals surface area (Å²) in [6.45, 7) is 0.927. The highest BCUT2D eigenvalue weighted by molar-refractivity contribution is 9.10. The van der Waals surface area contributed by atoms with Crippen molar-refractivity contribution in [3.63, 3.8) is 0 Å². The normalized spacial score (nSPS) is 16.0. The number of benzene rings is 1. The molecule has 1 aliphatic rings. The number of hydrogen-bond acceptors (Lipinski definition) is 2. The molecule has 0 bridgehead atoms. The number of amidine groups is 1. The van der Waals surface area contributed by atoms with E-state index in [9.17, 15) is 0 Å². The van der Waals surface area contributed by atoms with E-state index >= 15 is 0 Å². The molecule has 0 aromatic heterocycles. The minimum absolute atomic E-state index is 0.720. The maximum Gasteiger partial charge on any atom is 0.101 e. The highest BCUT2D eigenvalue weighted by Crippen LogP contribution is 2.26. The summed E-state index contributed by atoms with van der Waals surface area (Å²) in [5.41, 5.74) is 0.931. The molecule has 4 heteroatoms. The van der Waals surface area contributed by atoms with Crippen molar-refractivity contribution in [1.29, 1.82) is 0 Å². The second kappa shape index (κ2) is 4.99. The van der Waals surface area contributed by atoms with Crippen molar-refractivity contribution in [1.82, 2.24) is 0 Å². The Hall–Kier alpha value is -0.540. The molecular weight excluding hydrogens is 275 g/mol. The first-order valence-corrected chi connectivity index (χ1v) is 6.18. The van der Waals surface area contributed by atoms with Crippen LogP contribution in [-0.4, -0.2) is 12.4 Å². The van der Waals surface area contributed by atoms with Gasteiger partial charge in [0.05, 0.1) is 10.7 Å². The van der Waals surface area contributed by atoms with Gasteiger partial charge in [0, 0.05) is 17.4 Å². The summed E-state index contributed by atoms with van der Waals surface area (Å²) >= 11 is 9.48. The zero-order valence-electron chi connectivity index (χ0n) is 8.26. The Balaban J connectivity index is 2.13. The standard InChI is InChI=1S/C11H12BrClN2/c12-8-4-5-10(9(13)7-8)15-11-3-1-2-6-14-11/h4-5,7H,1-3,6H2,(H,14,15). The largest absolute Gasteiger partial charge is 0.343 e. The van der Waals surface area contributed by atoms with Crippen LogP contribution < -0.4 is 5.32 Å². The number of halogens is 2. The van der Waals surface area contributed by atoms with Crippen LogP contribution in [0.15, 0.2) is 27.7 Å². The number of hydrogen-bond donors (Lipinski definition) is 1. The molecular formula is C11H12BrClN2. The third kappa shape index (κ3) is 2.95. The molecule has 0 radical (unpaired) electrons. The molecule has 1 heterocycles. The lowest BCUT2D eigenvalue weighted by atomic mass is 10.2. The van der Waals surface area contributed by atoms with Crippen molar-refractivity contribution >= 4 is 39.1 Å². The molecule has 0 unspecified atom stereocenters. The summed E-state index contributed by atoms with van der Waals surface area (Å²) in [4.78, 5) is 4.42. The van der Waals surface area contributed by atoms with E-state index in [1.54, 1.807) is 0 Å². The van der Waals surface area contributed by atoms with Gasteiger partial charge in [-0.05, 0) is 31.0 Å². The van der Waals surface area contributed by atoms with Crippen molar-refractivity contribution in [3.8, 4) is 0 Å². The fraction of sp³-hybridized carbons (Fsp3) is 0.364. The Labute approximate surface area is 103 Å². The molecule has 1 aromatic carbocycles. The molecule has 1 N–H and O–H groups in total. The first-order valence-electron chi connectivity index (χ1n) is 5.01. The number of rotatable bonds is 1. The van der Waals surface area contributed by atoms with E-state index in [2.05, 4.69) is 26.2 Å². The Morgan fingerprint density at radius 1 is 1.33 bits per heavy atom. The topological polar surface area (TPSA) is 24.4 Å². The molecule has 0 spiro atoms. The van der Waals surface area contributed by atoms with Gasteiger partial charge in [0.25, 0.3) is 0 Å². The molecule has 0 amide bonds. The van der Waals surface area contributed by atoms with Gasteiger partial charge in [-0.15, -0.1) is 0 Å². The molecule has 15 heavy (non-hydrogen) atoms. The first-order chi connectivity index (χ1) is 7.25. The van der Waals surface area contributed by atoms with Gasteiger partial charge in [-0.1, -0.05) is 27.5 Å². The van der Waals surface area contributed by atoms with E-state index < -0.39 is 0 Å². The molecule has 0 saturated heterocycles. The molecule has 1 aromatic rings. The van der Waals surface area contributed by atoms with Crippen LogP contribution in [0.3, 0.4) is 0 Å². The van der Waals surface area contributed by atoms with Gasteiger partial charge in [-0.2, -0.15) is 0 Å². The second-order valence-electron chi connectivity index (χ2n) is 3.53. The molecule has 2 rings (SSSR count). The fourth-order valence-corrected chi connectivity index (χ4v) is 2.27. The minimum Gasteiger partial charge on any atom is -0.343 e. The van der Waals surface area contributed by atoms with Crippen LogP contribution in [0.5, 0.6) is 0 Å². The van der Waals surface area contributed by atoms with Crippen molar-refractivity contribution in [2.75, 3.05) is 11.9 Å². The van der Waals surface area contributed by atoms with E-state index in [1.165, 1.54) is 12.8 Å². The van der Waals surface area contributed by atoms with Crippen molar-refractivity contribution < 1.29 is 0 Å². The molecule has 80 valence electrons. The molecule has 2 nitrogen and oxygen atoms in total. The Bertz CT molecular complexity index is 390. The second-order valence-corrected chi connectivity index (χ2v) is 4.86. The highest BCUT2D eigenvalue weighted by atomic mass is 79.9. The number of nitrogens with one attached hydrogen (secondary N) is 1. The molecule has 1 aliphatic heterocycles. The van der Waals surface area contributed by atoms with E-state index in [-0.39, 0.29) is 0 Å². The smallest absolute Gasteiger partial charge is 0.101 e. The minimum atomic E-state index is 0.720. The maximum absolute atomic E-state index is 6.10. The number of aliphatic imine (C=N–C) groups is 1. The summed E-state index contributed by atoms with van der Waals surface area (Å²) in [6.07, 6.45) is 3.42. The van der Waals surface area contributed by atoms with Crippen LogP contribution in [0.25, 0.3) is 0 Å². The van der Waals surface area contributed by atoms with Gasteiger partial charge in [0.15, 0.2) is 0 Å². The zero-order chi connectivity index (χ0) is 10.7. The molecule has 0 aliphatic carbocycles. The Morgan fingerprint density at radius 3 is 2.87 bits per heavy atom. The van der Waals surface area contributed by atoms with Crippen LogP contribution >= 0.6 is 27.5 Å². The van der Waals surface area contributed by atoms with Gasteiger partial charge in [-0.25, -0.2) is 0 Å². The fourth-order valence-electron chi connectivity index (χ4n) is 1.55. The lowest BCUT2D eigenvalue weighted by molar-refractivity contribution is 0.737. The predicted octanol–water partition coefficient (Wildman–Crippen LogP) is 4.10. The van der Waals surface area contributed by atoms with Gasteiger partial charge >= 0.3 is 0 Å². The van der Waals surface area contributed by atoms with Crippen LogP contribution in [0.2, 0.25) is 5.02 Å². The van der Waals surface area contributed by atoms with Gasteiger partial charge in [-0.3, -0.25) is 4.99 Å². The summed E-state index contributed by atoms with van der Waals surface area (Å²) in [6, 6.07) is 5.81. The number of anilines is 1. The zero-order valence-corrected chi connectivity index (χ0v) is 10.6. The van der Waals surface area contributed by atoms with Crippen LogP contribution in [0, 0.1) is 0 Å². The van der Waals surface area contributed by atoms with Crippen molar-refractivity contribution in [3.05, 3.63) is 27.7 Å². The third-order valence-electron chi connectivity index (χ3n) is 2.33. The predicted molar refractivity (Wildman–Crippen MR) is 68.9 cm³/mol. The molecule has 0 saturated carbocycles. The summed E-state index contributed by atoms with van der Waals surface area (Å²) in [5.74, 6) is 1.05. The van der Waals surface area contributed by atoms with Gasteiger partial charge < -0.3 is 5.32 Å². The monoisotopic (exact) mass is 286 g/mol. The van der Waals surface area contributed by atoms with Crippen LogP contribution in [0.1, 0.15) is 19.3 Å². The first kappa shape index (κ1) is 11.0. The maximum atomic E-state index is 6.10. The van der Waals surface area contributed by atoms with Gasteiger partial charge in [0.2, 0.25) is 0 Å². The van der Waals surface area contributed by atoms with Crippen LogP contribution in [-0.2, 0) is 0 Å². The Kier molecular flexibility index (Phi) is 3.65. The highest BCUT2D eigenvalue weighted by Gasteiger charge is 2.07. The third-order valence-corrected chi connectivity index (χ3v) is 3.14. The van der Waals surface area contributed by atoms with Crippen molar-refractivity contribution in [2.24, 2.45) is 4.99 Å². The average Bonchev–Trinajstić information content (AvgIpc) is 2.24. The SMILES string of the molecule is Clc1cc(Br)ccc1NC1=NCCCC1. The van der Waals surface area contributed by atoms with Crippen LogP contribution in [0.4, 0.5) is 5.69 Å². The summed E-state index contributed by atoms with van der Waals surface area (Å²) in [5, 5.41) is 3.99. The van der Waals surface area contributed by atoms with E-state index in [1.807, 2.05) is 18.2 Å². The molecule has 0 atom stereocenters.